The van der Waals surface area contributed by atoms with Gasteiger partial charge in [-0.3, -0.25) is 4.79 Å². The summed E-state index contributed by atoms with van der Waals surface area (Å²) in [5.41, 5.74) is -0.0290. The highest BCUT2D eigenvalue weighted by atomic mass is 32.1. The normalized spacial score (nSPS) is 14.3. The predicted octanol–water partition coefficient (Wildman–Crippen LogP) is 3.28. The lowest BCUT2D eigenvalue weighted by Crippen LogP contribution is -2.11. The highest BCUT2D eigenvalue weighted by molar-refractivity contribution is 7.19. The van der Waals surface area contributed by atoms with E-state index in [4.69, 9.17) is 10.00 Å². The molecular weight excluding hydrogens is 319 g/mol. The fourth-order valence-corrected chi connectivity index (χ4v) is 4.01. The van der Waals surface area contributed by atoms with Crippen LogP contribution in [-0.2, 0) is 0 Å². The minimum absolute atomic E-state index is 0.0137. The third-order valence-corrected chi connectivity index (χ3v) is 5.18. The molecule has 7 heteroatoms. The first kappa shape index (κ1) is 14.0. The maximum Gasteiger partial charge on any atom is 0.202 e. The van der Waals surface area contributed by atoms with Crippen molar-refractivity contribution in [3.63, 3.8) is 0 Å². The number of thiophene rings is 1. The van der Waals surface area contributed by atoms with E-state index in [-0.39, 0.29) is 33.2 Å². The molecule has 5 nitrogen and oxygen atoms in total. The van der Waals surface area contributed by atoms with Crippen molar-refractivity contribution in [1.29, 1.82) is 5.26 Å². The van der Waals surface area contributed by atoms with Gasteiger partial charge in [0.25, 0.3) is 0 Å². The van der Waals surface area contributed by atoms with Gasteiger partial charge in [-0.1, -0.05) is 0 Å². The van der Waals surface area contributed by atoms with Crippen LogP contribution in [0.1, 0.15) is 23.8 Å². The summed E-state index contributed by atoms with van der Waals surface area (Å²) >= 11 is 1.05. The highest BCUT2D eigenvalue weighted by Gasteiger charge is 2.31. The summed E-state index contributed by atoms with van der Waals surface area (Å²) in [4.78, 5) is 13.3. The number of aromatic nitrogens is 1. The number of fused-ring (bicyclic) bond motifs is 2. The zero-order valence-corrected chi connectivity index (χ0v) is 12.9. The molecule has 116 valence electrons. The Hall–Kier alpha value is -2.59. The average molecular weight is 330 g/mol. The number of benzene rings is 1. The second-order valence-corrected chi connectivity index (χ2v) is 6.48. The molecule has 0 saturated heterocycles. The molecule has 1 saturated carbocycles. The Kier molecular flexibility index (Phi) is 2.87. The van der Waals surface area contributed by atoms with Crippen molar-refractivity contribution < 1.29 is 14.2 Å². The van der Waals surface area contributed by atoms with E-state index in [0.29, 0.717) is 10.3 Å². The Morgan fingerprint density at radius 3 is 2.83 bits per heavy atom. The minimum Gasteiger partial charge on any atom is -0.505 e. The second kappa shape index (κ2) is 4.70. The first-order chi connectivity index (χ1) is 11.1. The van der Waals surface area contributed by atoms with Gasteiger partial charge in [-0.25, -0.2) is 4.39 Å². The molecule has 0 atom stereocenters. The van der Waals surface area contributed by atoms with Crippen molar-refractivity contribution in [2.24, 2.45) is 0 Å². The number of rotatable bonds is 2. The van der Waals surface area contributed by atoms with Crippen molar-refractivity contribution in [1.82, 2.24) is 4.57 Å². The lowest BCUT2D eigenvalue weighted by molar-refractivity contribution is 0.389. The molecule has 0 aliphatic heterocycles. The Morgan fingerprint density at radius 1 is 1.48 bits per heavy atom. The number of nitrogens with zero attached hydrogens (tertiary/aromatic N) is 2. The maximum atomic E-state index is 14.1. The molecular formula is C16H11FN2O3S. The number of pyridine rings is 1. The summed E-state index contributed by atoms with van der Waals surface area (Å²) in [6.07, 6.45) is 1.79. The van der Waals surface area contributed by atoms with Crippen LogP contribution in [0.2, 0.25) is 0 Å². The van der Waals surface area contributed by atoms with Crippen molar-refractivity contribution in [3.05, 3.63) is 33.1 Å². The molecule has 23 heavy (non-hydrogen) atoms. The molecule has 1 aliphatic carbocycles. The van der Waals surface area contributed by atoms with E-state index in [1.165, 1.54) is 19.2 Å². The molecule has 1 aromatic carbocycles. The van der Waals surface area contributed by atoms with Crippen LogP contribution in [-0.4, -0.2) is 16.8 Å². The summed E-state index contributed by atoms with van der Waals surface area (Å²) in [6, 6.07) is 4.60. The van der Waals surface area contributed by atoms with Gasteiger partial charge in [0.05, 0.1) is 18.0 Å². The number of methoxy groups -OCH3 is 1. The zero-order valence-electron chi connectivity index (χ0n) is 12.1. The van der Waals surface area contributed by atoms with E-state index in [9.17, 15) is 14.3 Å². The maximum absolute atomic E-state index is 14.1. The number of aromatic hydroxyl groups is 1. The van der Waals surface area contributed by atoms with E-state index in [1.807, 2.05) is 10.6 Å². The minimum atomic E-state index is -0.547. The third kappa shape index (κ3) is 1.79. The van der Waals surface area contributed by atoms with Gasteiger partial charge in [0.1, 0.15) is 21.2 Å². The summed E-state index contributed by atoms with van der Waals surface area (Å²) in [5, 5.41) is 19.8. The first-order valence-corrected chi connectivity index (χ1v) is 7.86. The molecule has 4 rings (SSSR count). The second-order valence-electron chi connectivity index (χ2n) is 5.48. The Labute approximate surface area is 133 Å². The summed E-state index contributed by atoms with van der Waals surface area (Å²) in [5.74, 6) is -0.827. The number of halogens is 1. The molecule has 2 aromatic heterocycles. The molecule has 0 bridgehead atoms. The van der Waals surface area contributed by atoms with Gasteiger partial charge in [-0.05, 0) is 25.0 Å². The molecule has 1 fully saturated rings. The monoisotopic (exact) mass is 330 g/mol. The van der Waals surface area contributed by atoms with E-state index >= 15 is 0 Å². The van der Waals surface area contributed by atoms with Crippen LogP contribution in [0.25, 0.3) is 21.1 Å². The van der Waals surface area contributed by atoms with Gasteiger partial charge in [-0.15, -0.1) is 11.3 Å². The Morgan fingerprint density at radius 2 is 2.22 bits per heavy atom. The van der Waals surface area contributed by atoms with Crippen LogP contribution in [0.15, 0.2) is 16.9 Å². The molecule has 0 spiro atoms. The zero-order chi connectivity index (χ0) is 16.3. The fourth-order valence-electron chi connectivity index (χ4n) is 2.94. The van der Waals surface area contributed by atoms with E-state index < -0.39 is 11.2 Å². The van der Waals surface area contributed by atoms with Crippen LogP contribution >= 0.6 is 11.3 Å². The summed E-state index contributed by atoms with van der Waals surface area (Å²) in [6.45, 7) is 0. The van der Waals surface area contributed by atoms with Gasteiger partial charge in [0.15, 0.2) is 17.3 Å². The van der Waals surface area contributed by atoms with E-state index in [1.54, 1.807) is 0 Å². The van der Waals surface area contributed by atoms with Gasteiger partial charge in [0.2, 0.25) is 5.43 Å². The lowest BCUT2D eigenvalue weighted by atomic mass is 10.1. The number of ether oxygens (including phenoxy) is 1. The third-order valence-electron chi connectivity index (χ3n) is 4.10. The molecule has 2 heterocycles. The predicted molar refractivity (Wildman–Crippen MR) is 84.8 cm³/mol. The first-order valence-electron chi connectivity index (χ1n) is 7.04. The van der Waals surface area contributed by atoms with Crippen LogP contribution in [0, 0.1) is 17.1 Å². The molecule has 1 aliphatic rings. The molecule has 0 unspecified atom stereocenters. The van der Waals surface area contributed by atoms with Crippen LogP contribution in [0.4, 0.5) is 4.39 Å². The smallest absolute Gasteiger partial charge is 0.202 e. The van der Waals surface area contributed by atoms with Gasteiger partial charge >= 0.3 is 0 Å². The van der Waals surface area contributed by atoms with Crippen molar-refractivity contribution in [2.45, 2.75) is 18.9 Å². The van der Waals surface area contributed by atoms with Crippen LogP contribution < -0.4 is 10.2 Å². The fraction of sp³-hybridized carbons (Fsp3) is 0.250. The van der Waals surface area contributed by atoms with E-state index in [2.05, 4.69) is 0 Å². The van der Waals surface area contributed by atoms with Crippen LogP contribution in [0.3, 0.4) is 0 Å². The Bertz CT molecular complexity index is 1070. The van der Waals surface area contributed by atoms with Gasteiger partial charge < -0.3 is 14.4 Å². The number of nitriles is 1. The highest BCUT2D eigenvalue weighted by Crippen LogP contribution is 2.46. The number of hydrogen-bond acceptors (Lipinski definition) is 5. The Balaban J connectivity index is 2.33. The molecule has 3 aromatic rings. The quantitative estimate of drug-likeness (QED) is 0.782. The molecule has 0 amide bonds. The molecule has 0 radical (unpaired) electrons. The van der Waals surface area contributed by atoms with Gasteiger partial charge in [-0.2, -0.15) is 5.26 Å². The van der Waals surface area contributed by atoms with E-state index in [0.717, 1.165) is 24.2 Å². The standard InChI is InChI=1S/C16H11FN2O3S/c1-22-15-9(17)5-4-8-12(15)19(7-2-3-7)16-11(13(8)20)14(21)10(6-18)23-16/h4-5,7,21H,2-3H2,1H3. The van der Waals surface area contributed by atoms with Crippen molar-refractivity contribution in [2.75, 3.05) is 7.11 Å². The summed E-state index contributed by atoms with van der Waals surface area (Å²) in [7, 11) is 1.36. The lowest BCUT2D eigenvalue weighted by Gasteiger charge is -2.15. The summed E-state index contributed by atoms with van der Waals surface area (Å²) < 4.78 is 21.1. The van der Waals surface area contributed by atoms with Gasteiger partial charge in [0, 0.05) is 6.04 Å². The van der Waals surface area contributed by atoms with Crippen molar-refractivity contribution >= 4 is 32.5 Å². The van der Waals surface area contributed by atoms with Crippen LogP contribution in [0.5, 0.6) is 11.5 Å². The SMILES string of the molecule is COc1c(F)ccc2c(=O)c3c(O)c(C#N)sc3n(C3CC3)c12. The largest absolute Gasteiger partial charge is 0.505 e. The average Bonchev–Trinajstić information content (AvgIpc) is 3.31. The molecule has 1 N–H and O–H groups in total. The number of hydrogen-bond donors (Lipinski definition) is 1. The van der Waals surface area contributed by atoms with Crippen molar-refractivity contribution in [3.8, 4) is 17.6 Å². The topological polar surface area (TPSA) is 75.2 Å².